The third-order valence-electron chi connectivity index (χ3n) is 3.06. The van der Waals surface area contributed by atoms with Gasteiger partial charge in [-0.15, -0.1) is 11.3 Å². The second-order valence-corrected chi connectivity index (χ2v) is 6.94. The molecule has 19 heavy (non-hydrogen) atoms. The Morgan fingerprint density at radius 3 is 2.63 bits per heavy atom. The fourth-order valence-electron chi connectivity index (χ4n) is 2.12. The highest BCUT2D eigenvalue weighted by Crippen LogP contribution is 2.35. The first-order valence-electron chi connectivity index (χ1n) is 5.76. The summed E-state index contributed by atoms with van der Waals surface area (Å²) >= 11 is 8.60. The smallest absolute Gasteiger partial charge is 0.107 e. The van der Waals surface area contributed by atoms with Crippen molar-refractivity contribution >= 4 is 53.3 Å². The summed E-state index contributed by atoms with van der Waals surface area (Å²) in [6.45, 7) is 0. The monoisotopic (exact) mass is 396 g/mol. The van der Waals surface area contributed by atoms with E-state index < -0.39 is 6.10 Å². The molecule has 0 fully saturated rings. The van der Waals surface area contributed by atoms with E-state index in [-0.39, 0.29) is 0 Å². The summed E-state index contributed by atoms with van der Waals surface area (Å²) in [6.07, 6.45) is -0.621. The molecule has 1 N–H and O–H groups in total. The van der Waals surface area contributed by atoms with Crippen molar-refractivity contribution in [3.63, 3.8) is 0 Å². The van der Waals surface area contributed by atoms with Gasteiger partial charge in [0.05, 0.1) is 0 Å². The van der Waals surface area contributed by atoms with Crippen LogP contribution in [0.3, 0.4) is 0 Å². The normalized spacial score (nSPS) is 12.8. The Hall–Kier alpha value is -0.680. The second-order valence-electron chi connectivity index (χ2n) is 4.25. The summed E-state index contributed by atoms with van der Waals surface area (Å²) in [6, 6.07) is 13.9. The van der Waals surface area contributed by atoms with Crippen LogP contribution in [-0.2, 0) is 0 Å². The highest BCUT2D eigenvalue weighted by molar-refractivity contribution is 9.11. The molecule has 3 rings (SSSR count). The summed E-state index contributed by atoms with van der Waals surface area (Å²) in [4.78, 5) is 0. The lowest BCUT2D eigenvalue weighted by atomic mass is 10.0. The first kappa shape index (κ1) is 13.3. The van der Waals surface area contributed by atoms with Crippen molar-refractivity contribution in [2.45, 2.75) is 6.10 Å². The Morgan fingerprint density at radius 2 is 1.84 bits per heavy atom. The molecule has 1 nitrogen and oxygen atoms in total. The molecular formula is C15H10Br2OS. The van der Waals surface area contributed by atoms with Gasteiger partial charge in [-0.1, -0.05) is 56.1 Å². The molecule has 0 radical (unpaired) electrons. The third kappa shape index (κ3) is 2.50. The SMILES string of the molecule is OC(c1ccc(Br)cc1Br)c1cccc2ccsc12. The zero-order valence-corrected chi connectivity index (χ0v) is 13.8. The molecule has 0 aliphatic carbocycles. The molecule has 0 aliphatic rings. The van der Waals surface area contributed by atoms with E-state index in [1.54, 1.807) is 11.3 Å². The number of benzene rings is 2. The summed E-state index contributed by atoms with van der Waals surface area (Å²) in [5.74, 6) is 0. The van der Waals surface area contributed by atoms with Gasteiger partial charge in [-0.3, -0.25) is 0 Å². The molecule has 2 aromatic carbocycles. The molecule has 3 aromatic rings. The van der Waals surface area contributed by atoms with Gasteiger partial charge in [-0.2, -0.15) is 0 Å². The molecular weight excluding hydrogens is 388 g/mol. The Balaban J connectivity index is 2.13. The molecule has 0 saturated carbocycles. The maximum absolute atomic E-state index is 10.6. The lowest BCUT2D eigenvalue weighted by Crippen LogP contribution is -2.00. The van der Waals surface area contributed by atoms with Crippen molar-refractivity contribution < 1.29 is 5.11 Å². The quantitative estimate of drug-likeness (QED) is 0.604. The van der Waals surface area contributed by atoms with Gasteiger partial charge in [-0.25, -0.2) is 0 Å². The average molecular weight is 398 g/mol. The van der Waals surface area contributed by atoms with Crippen LogP contribution in [0, 0.1) is 0 Å². The largest absolute Gasteiger partial charge is 0.384 e. The van der Waals surface area contributed by atoms with E-state index in [9.17, 15) is 5.11 Å². The zero-order valence-electron chi connectivity index (χ0n) is 9.81. The van der Waals surface area contributed by atoms with Crippen LogP contribution in [0.4, 0.5) is 0 Å². The van der Waals surface area contributed by atoms with E-state index in [1.807, 2.05) is 30.3 Å². The number of rotatable bonds is 2. The van der Waals surface area contributed by atoms with Crippen molar-refractivity contribution in [3.05, 3.63) is 67.9 Å². The number of halogens is 2. The fourth-order valence-corrected chi connectivity index (χ4v) is 4.32. The lowest BCUT2D eigenvalue weighted by Gasteiger charge is -2.14. The number of hydrogen-bond donors (Lipinski definition) is 1. The maximum atomic E-state index is 10.6. The van der Waals surface area contributed by atoms with Crippen LogP contribution < -0.4 is 0 Å². The third-order valence-corrected chi connectivity index (χ3v) is 5.22. The molecule has 0 amide bonds. The summed E-state index contributed by atoms with van der Waals surface area (Å²) in [7, 11) is 0. The van der Waals surface area contributed by atoms with Gasteiger partial charge in [0.15, 0.2) is 0 Å². The van der Waals surface area contributed by atoms with Gasteiger partial charge in [0, 0.05) is 19.2 Å². The molecule has 0 bridgehead atoms. The summed E-state index contributed by atoms with van der Waals surface area (Å²) in [5, 5.41) is 13.9. The molecule has 1 atom stereocenters. The molecule has 4 heteroatoms. The molecule has 1 unspecified atom stereocenters. The maximum Gasteiger partial charge on any atom is 0.107 e. The molecule has 1 heterocycles. The van der Waals surface area contributed by atoms with E-state index in [1.165, 1.54) is 5.39 Å². The Labute approximate surface area is 132 Å². The number of aliphatic hydroxyl groups excluding tert-OH is 1. The minimum Gasteiger partial charge on any atom is -0.384 e. The topological polar surface area (TPSA) is 20.2 Å². The number of fused-ring (bicyclic) bond motifs is 1. The lowest BCUT2D eigenvalue weighted by molar-refractivity contribution is 0.221. The fraction of sp³-hybridized carbons (Fsp3) is 0.0667. The molecule has 1 aromatic heterocycles. The van der Waals surface area contributed by atoms with Gasteiger partial charge < -0.3 is 5.11 Å². The van der Waals surface area contributed by atoms with E-state index in [2.05, 4.69) is 49.4 Å². The van der Waals surface area contributed by atoms with Crippen LogP contribution in [0.2, 0.25) is 0 Å². The predicted octanol–water partition coefficient (Wildman–Crippen LogP) is 5.51. The minimum atomic E-state index is -0.621. The van der Waals surface area contributed by atoms with Crippen LogP contribution >= 0.6 is 43.2 Å². The number of hydrogen-bond acceptors (Lipinski definition) is 2. The Kier molecular flexibility index (Phi) is 3.76. The average Bonchev–Trinajstić information content (AvgIpc) is 2.86. The first-order chi connectivity index (χ1) is 9.16. The second kappa shape index (κ2) is 5.37. The van der Waals surface area contributed by atoms with Gasteiger partial charge in [-0.05, 0) is 34.5 Å². The summed E-state index contributed by atoms with van der Waals surface area (Å²) < 4.78 is 3.04. The van der Waals surface area contributed by atoms with Crippen LogP contribution in [0.5, 0.6) is 0 Å². The van der Waals surface area contributed by atoms with Crippen molar-refractivity contribution in [2.75, 3.05) is 0 Å². The van der Waals surface area contributed by atoms with Gasteiger partial charge >= 0.3 is 0 Å². The van der Waals surface area contributed by atoms with Crippen molar-refractivity contribution in [1.82, 2.24) is 0 Å². The Morgan fingerprint density at radius 1 is 1.00 bits per heavy atom. The molecule has 0 spiro atoms. The van der Waals surface area contributed by atoms with E-state index in [0.717, 1.165) is 24.8 Å². The standard InChI is InChI=1S/C15H10Br2OS/c16-10-4-5-11(13(17)8-10)14(18)12-3-1-2-9-6-7-19-15(9)12/h1-8,14,18H. The van der Waals surface area contributed by atoms with Crippen molar-refractivity contribution in [1.29, 1.82) is 0 Å². The zero-order chi connectivity index (χ0) is 13.4. The first-order valence-corrected chi connectivity index (χ1v) is 8.22. The number of thiophene rings is 1. The van der Waals surface area contributed by atoms with E-state index in [4.69, 9.17) is 0 Å². The van der Waals surface area contributed by atoms with E-state index >= 15 is 0 Å². The molecule has 0 aliphatic heterocycles. The summed E-state index contributed by atoms with van der Waals surface area (Å²) in [5.41, 5.74) is 1.83. The van der Waals surface area contributed by atoms with Crippen LogP contribution in [0.15, 0.2) is 56.8 Å². The molecule has 0 saturated heterocycles. The van der Waals surface area contributed by atoms with Crippen molar-refractivity contribution in [2.24, 2.45) is 0 Å². The molecule has 96 valence electrons. The van der Waals surface area contributed by atoms with Gasteiger partial charge in [0.2, 0.25) is 0 Å². The van der Waals surface area contributed by atoms with Crippen LogP contribution in [-0.4, -0.2) is 5.11 Å². The number of aliphatic hydroxyl groups is 1. The van der Waals surface area contributed by atoms with Crippen molar-refractivity contribution in [3.8, 4) is 0 Å². The van der Waals surface area contributed by atoms with Crippen LogP contribution in [0.1, 0.15) is 17.2 Å². The van der Waals surface area contributed by atoms with E-state index in [0.29, 0.717) is 0 Å². The predicted molar refractivity (Wildman–Crippen MR) is 87.7 cm³/mol. The highest BCUT2D eigenvalue weighted by Gasteiger charge is 2.16. The highest BCUT2D eigenvalue weighted by atomic mass is 79.9. The van der Waals surface area contributed by atoms with Gasteiger partial charge in [0.1, 0.15) is 6.10 Å². The van der Waals surface area contributed by atoms with Gasteiger partial charge in [0.25, 0.3) is 0 Å². The minimum absolute atomic E-state index is 0.621. The Bertz CT molecular complexity index is 736. The van der Waals surface area contributed by atoms with Crippen LogP contribution in [0.25, 0.3) is 10.1 Å².